The summed E-state index contributed by atoms with van der Waals surface area (Å²) in [4.78, 5) is 21.0. The minimum Gasteiger partial charge on any atom is -0.368 e. The first-order valence-electron chi connectivity index (χ1n) is 9.51. The van der Waals surface area contributed by atoms with Crippen LogP contribution in [-0.4, -0.2) is 50.4 Å². The van der Waals surface area contributed by atoms with E-state index >= 15 is 0 Å². The van der Waals surface area contributed by atoms with E-state index in [9.17, 15) is 13.2 Å². The van der Waals surface area contributed by atoms with E-state index in [1.165, 1.54) is 30.5 Å². The van der Waals surface area contributed by atoms with E-state index in [2.05, 4.69) is 9.88 Å². The number of carbonyl (C=O) groups excluding carboxylic acids is 1. The molecule has 0 spiro atoms. The number of hydrogen-bond acceptors (Lipinski definition) is 5. The van der Waals surface area contributed by atoms with Crippen molar-refractivity contribution in [2.24, 2.45) is 0 Å². The van der Waals surface area contributed by atoms with E-state index in [-0.39, 0.29) is 15.8 Å². The Morgan fingerprint density at radius 3 is 2.27 bits per heavy atom. The predicted octanol–water partition coefficient (Wildman–Crippen LogP) is 3.53. The summed E-state index contributed by atoms with van der Waals surface area (Å²) in [7, 11) is -3.70. The monoisotopic (exact) mass is 441 g/mol. The number of carbonyl (C=O) groups is 1. The highest BCUT2D eigenvalue weighted by atomic mass is 35.5. The first-order valence-corrected chi connectivity index (χ1v) is 11.4. The number of sulfone groups is 1. The molecule has 1 fully saturated rings. The van der Waals surface area contributed by atoms with Gasteiger partial charge in [0.05, 0.1) is 10.5 Å². The summed E-state index contributed by atoms with van der Waals surface area (Å²) in [5, 5.41) is 0.610. The second-order valence-electron chi connectivity index (χ2n) is 6.96. The van der Waals surface area contributed by atoms with Gasteiger partial charge in [0.25, 0.3) is 5.91 Å². The fourth-order valence-electron chi connectivity index (χ4n) is 3.41. The minimum absolute atomic E-state index is 0.0731. The van der Waals surface area contributed by atoms with Crippen LogP contribution < -0.4 is 4.90 Å². The highest BCUT2D eigenvalue weighted by Gasteiger charge is 2.24. The lowest BCUT2D eigenvalue weighted by Crippen LogP contribution is -2.48. The van der Waals surface area contributed by atoms with Crippen LogP contribution in [0.5, 0.6) is 0 Å². The summed E-state index contributed by atoms with van der Waals surface area (Å²) in [6, 6.07) is 18.7. The molecule has 1 aliphatic rings. The van der Waals surface area contributed by atoms with E-state index in [1.807, 2.05) is 24.3 Å². The van der Waals surface area contributed by atoms with Crippen molar-refractivity contribution >= 4 is 33.0 Å². The number of amides is 1. The van der Waals surface area contributed by atoms with Gasteiger partial charge in [0.1, 0.15) is 0 Å². The van der Waals surface area contributed by atoms with E-state index in [4.69, 9.17) is 11.6 Å². The zero-order valence-electron chi connectivity index (χ0n) is 16.1. The summed E-state index contributed by atoms with van der Waals surface area (Å²) >= 11 is 6.07. The van der Waals surface area contributed by atoms with Crippen molar-refractivity contribution in [3.8, 4) is 0 Å². The molecular weight excluding hydrogens is 422 g/mol. The topological polar surface area (TPSA) is 70.6 Å². The van der Waals surface area contributed by atoms with Gasteiger partial charge < -0.3 is 9.80 Å². The Morgan fingerprint density at radius 2 is 1.63 bits per heavy atom. The average molecular weight is 442 g/mol. The number of rotatable bonds is 4. The molecule has 1 saturated heterocycles. The highest BCUT2D eigenvalue weighted by Crippen LogP contribution is 2.22. The summed E-state index contributed by atoms with van der Waals surface area (Å²) in [5.41, 5.74) is 1.41. The molecule has 0 radical (unpaired) electrons. The van der Waals surface area contributed by atoms with E-state index in [0.717, 1.165) is 5.69 Å². The lowest BCUT2D eigenvalue weighted by Gasteiger charge is -2.36. The fraction of sp³-hybridized carbons (Fsp3) is 0.182. The Balaban J connectivity index is 1.43. The van der Waals surface area contributed by atoms with Gasteiger partial charge in [0.15, 0.2) is 5.03 Å². The van der Waals surface area contributed by atoms with Gasteiger partial charge in [0, 0.05) is 43.1 Å². The quantitative estimate of drug-likeness (QED) is 0.619. The van der Waals surface area contributed by atoms with Crippen LogP contribution in [-0.2, 0) is 9.84 Å². The number of hydrogen-bond donors (Lipinski definition) is 0. The Hall–Kier alpha value is -2.90. The number of pyridine rings is 1. The molecule has 2 heterocycles. The van der Waals surface area contributed by atoms with Gasteiger partial charge >= 0.3 is 0 Å². The Labute approximate surface area is 180 Å². The third kappa shape index (κ3) is 4.17. The zero-order chi connectivity index (χ0) is 21.1. The second kappa shape index (κ2) is 8.45. The van der Waals surface area contributed by atoms with Crippen molar-refractivity contribution in [3.63, 3.8) is 0 Å². The van der Waals surface area contributed by atoms with Crippen LogP contribution >= 0.6 is 11.6 Å². The lowest BCUT2D eigenvalue weighted by molar-refractivity contribution is 0.0746. The number of halogens is 1. The summed E-state index contributed by atoms with van der Waals surface area (Å²) in [6.45, 7) is 2.52. The number of benzene rings is 2. The number of anilines is 1. The van der Waals surface area contributed by atoms with Crippen molar-refractivity contribution in [3.05, 3.63) is 83.5 Å². The number of piperazine rings is 1. The van der Waals surface area contributed by atoms with Crippen molar-refractivity contribution in [1.29, 1.82) is 0 Å². The molecule has 3 aromatic rings. The zero-order valence-corrected chi connectivity index (χ0v) is 17.7. The van der Waals surface area contributed by atoms with Gasteiger partial charge in [-0.05, 0) is 42.5 Å². The molecule has 154 valence electrons. The van der Waals surface area contributed by atoms with Crippen LogP contribution in [0.3, 0.4) is 0 Å². The maximum absolute atomic E-state index is 12.8. The Morgan fingerprint density at radius 1 is 0.900 bits per heavy atom. The van der Waals surface area contributed by atoms with Crippen LogP contribution in [0.25, 0.3) is 0 Å². The van der Waals surface area contributed by atoms with Gasteiger partial charge in [-0.1, -0.05) is 35.9 Å². The molecule has 1 aliphatic heterocycles. The third-order valence-electron chi connectivity index (χ3n) is 5.05. The van der Waals surface area contributed by atoms with Gasteiger partial charge in [-0.2, -0.15) is 0 Å². The van der Waals surface area contributed by atoms with Crippen LogP contribution in [0, 0.1) is 0 Å². The van der Waals surface area contributed by atoms with Crippen LogP contribution in [0.2, 0.25) is 5.02 Å². The van der Waals surface area contributed by atoms with Crippen molar-refractivity contribution in [1.82, 2.24) is 9.88 Å². The molecule has 0 atom stereocenters. The molecule has 8 heteroatoms. The molecular formula is C22H20ClN3O3S. The van der Waals surface area contributed by atoms with Gasteiger partial charge in [-0.25, -0.2) is 13.4 Å². The van der Waals surface area contributed by atoms with Crippen molar-refractivity contribution in [2.75, 3.05) is 31.1 Å². The first-order chi connectivity index (χ1) is 14.4. The second-order valence-corrected chi connectivity index (χ2v) is 9.29. The molecule has 1 aromatic heterocycles. The Kier molecular flexibility index (Phi) is 5.74. The smallest absolute Gasteiger partial charge is 0.255 e. The van der Waals surface area contributed by atoms with E-state index < -0.39 is 9.84 Å². The molecule has 0 bridgehead atoms. The Bertz CT molecular complexity index is 1140. The predicted molar refractivity (Wildman–Crippen MR) is 116 cm³/mol. The molecule has 0 N–H and O–H groups in total. The fourth-order valence-corrected chi connectivity index (χ4v) is 4.79. The minimum atomic E-state index is -3.70. The number of nitrogens with zero attached hydrogens (tertiary/aromatic N) is 3. The standard InChI is InChI=1S/C22H20ClN3O3S/c23-18-5-4-6-19(15-18)25-11-13-26(14-12-25)22(27)17-9-10-21(24-16-17)30(28,29)20-7-2-1-3-8-20/h1-10,15-16H,11-14H2. The first kappa shape index (κ1) is 20.4. The molecule has 0 saturated carbocycles. The molecule has 1 amide bonds. The normalized spacial score (nSPS) is 14.6. The maximum atomic E-state index is 12.8. The van der Waals surface area contributed by atoms with Crippen LogP contribution in [0.4, 0.5) is 5.69 Å². The molecule has 4 rings (SSSR count). The lowest BCUT2D eigenvalue weighted by atomic mass is 10.2. The summed E-state index contributed by atoms with van der Waals surface area (Å²) in [6.07, 6.45) is 1.33. The SMILES string of the molecule is O=C(c1ccc(S(=O)(=O)c2ccccc2)nc1)N1CCN(c2cccc(Cl)c2)CC1. The van der Waals surface area contributed by atoms with Crippen molar-refractivity contribution < 1.29 is 13.2 Å². The summed E-state index contributed by atoms with van der Waals surface area (Å²) < 4.78 is 25.3. The third-order valence-corrected chi connectivity index (χ3v) is 6.97. The van der Waals surface area contributed by atoms with Gasteiger partial charge in [-0.3, -0.25) is 4.79 Å². The largest absolute Gasteiger partial charge is 0.368 e. The van der Waals surface area contributed by atoms with Gasteiger partial charge in [0.2, 0.25) is 9.84 Å². The van der Waals surface area contributed by atoms with E-state index in [1.54, 1.807) is 23.1 Å². The molecule has 2 aromatic carbocycles. The molecule has 6 nitrogen and oxygen atoms in total. The average Bonchev–Trinajstić information content (AvgIpc) is 2.79. The van der Waals surface area contributed by atoms with Gasteiger partial charge in [-0.15, -0.1) is 0 Å². The molecule has 0 aliphatic carbocycles. The molecule has 0 unspecified atom stereocenters. The van der Waals surface area contributed by atoms with E-state index in [0.29, 0.717) is 36.8 Å². The maximum Gasteiger partial charge on any atom is 0.255 e. The van der Waals surface area contributed by atoms with Crippen LogP contribution in [0.1, 0.15) is 10.4 Å². The van der Waals surface area contributed by atoms with Crippen LogP contribution in [0.15, 0.2) is 82.8 Å². The summed E-state index contributed by atoms with van der Waals surface area (Å²) in [5.74, 6) is -0.156. The highest BCUT2D eigenvalue weighted by molar-refractivity contribution is 7.91. The number of aromatic nitrogens is 1. The molecule has 30 heavy (non-hydrogen) atoms. The van der Waals surface area contributed by atoms with Crippen molar-refractivity contribution in [2.45, 2.75) is 9.92 Å².